The van der Waals surface area contributed by atoms with E-state index in [1.807, 2.05) is 46.8 Å². The molecular formula is C32H40O5S2. The van der Waals surface area contributed by atoms with Crippen LogP contribution in [0.1, 0.15) is 53.9 Å². The summed E-state index contributed by atoms with van der Waals surface area (Å²) in [4.78, 5) is 12.5. The summed E-state index contributed by atoms with van der Waals surface area (Å²) in [6.07, 6.45) is 2.03. The van der Waals surface area contributed by atoms with Gasteiger partial charge in [-0.3, -0.25) is 4.79 Å². The predicted molar refractivity (Wildman–Crippen MR) is 162 cm³/mol. The fraction of sp³-hybridized carbons (Fsp3) is 0.406. The van der Waals surface area contributed by atoms with Crippen LogP contribution in [0.4, 0.5) is 0 Å². The van der Waals surface area contributed by atoms with Gasteiger partial charge in [-0.2, -0.15) is 21.9 Å². The quantitative estimate of drug-likeness (QED) is 0.289. The van der Waals surface area contributed by atoms with Gasteiger partial charge in [-0.25, -0.2) is 0 Å². The number of rotatable bonds is 6. The van der Waals surface area contributed by atoms with E-state index in [4.69, 9.17) is 8.92 Å². The molecule has 2 bridgehead atoms. The zero-order chi connectivity index (χ0) is 27.6. The SMILES string of the molecule is CC(C)(C)Oc1ccc(OS(=O)(=O)CC23CCC(CC2=O)C3(C)C)cc1.S.c1ccc(-c2ccccc2)cc1. The first-order valence-electron chi connectivity index (χ1n) is 13.2. The number of carbonyl (C=O) groups is 1. The van der Waals surface area contributed by atoms with Crippen LogP contribution >= 0.6 is 13.5 Å². The van der Waals surface area contributed by atoms with E-state index in [0.29, 0.717) is 18.6 Å². The molecule has 5 rings (SSSR count). The molecule has 39 heavy (non-hydrogen) atoms. The Kier molecular flexibility index (Phi) is 9.28. The molecular weight excluding hydrogens is 528 g/mol. The third kappa shape index (κ3) is 7.06. The van der Waals surface area contributed by atoms with Crippen LogP contribution in [0, 0.1) is 16.7 Å². The maximum Gasteiger partial charge on any atom is 0.310 e. The van der Waals surface area contributed by atoms with Gasteiger partial charge in [-0.15, -0.1) is 0 Å². The monoisotopic (exact) mass is 568 g/mol. The number of ketones is 1. The zero-order valence-electron chi connectivity index (χ0n) is 23.4. The number of fused-ring (bicyclic) bond motifs is 2. The molecule has 0 spiro atoms. The Morgan fingerprint density at radius 2 is 1.31 bits per heavy atom. The summed E-state index contributed by atoms with van der Waals surface area (Å²) >= 11 is 0. The van der Waals surface area contributed by atoms with E-state index in [9.17, 15) is 13.2 Å². The molecule has 3 aromatic rings. The molecule has 2 atom stereocenters. The summed E-state index contributed by atoms with van der Waals surface area (Å²) < 4.78 is 36.4. The summed E-state index contributed by atoms with van der Waals surface area (Å²) in [5.74, 6) is 0.980. The van der Waals surface area contributed by atoms with Gasteiger partial charge in [0.2, 0.25) is 0 Å². The van der Waals surface area contributed by atoms with Crippen molar-refractivity contribution in [2.24, 2.45) is 16.7 Å². The van der Waals surface area contributed by atoms with Crippen molar-refractivity contribution in [2.75, 3.05) is 5.75 Å². The van der Waals surface area contributed by atoms with E-state index in [0.717, 1.165) is 6.42 Å². The first kappa shape index (κ1) is 30.8. The Morgan fingerprint density at radius 3 is 1.72 bits per heavy atom. The minimum Gasteiger partial charge on any atom is -0.488 e. The summed E-state index contributed by atoms with van der Waals surface area (Å²) in [6.45, 7) is 9.86. The second-order valence-corrected chi connectivity index (χ2v) is 13.4. The van der Waals surface area contributed by atoms with Crippen LogP contribution in [-0.2, 0) is 14.9 Å². The van der Waals surface area contributed by atoms with Crippen LogP contribution in [-0.4, -0.2) is 25.6 Å². The highest BCUT2D eigenvalue weighted by molar-refractivity contribution is 7.87. The smallest absolute Gasteiger partial charge is 0.310 e. The van der Waals surface area contributed by atoms with Crippen LogP contribution < -0.4 is 8.92 Å². The molecule has 0 aliphatic heterocycles. The average molecular weight is 569 g/mol. The second-order valence-electron chi connectivity index (χ2n) is 11.9. The number of carbonyl (C=O) groups excluding carboxylic acids is 1. The van der Waals surface area contributed by atoms with Gasteiger partial charge < -0.3 is 8.92 Å². The van der Waals surface area contributed by atoms with Crippen molar-refractivity contribution in [3.8, 4) is 22.6 Å². The van der Waals surface area contributed by atoms with Gasteiger partial charge in [0, 0.05) is 6.42 Å². The van der Waals surface area contributed by atoms with Gasteiger partial charge in [0.15, 0.2) is 0 Å². The Bertz CT molecular complexity index is 1310. The van der Waals surface area contributed by atoms with Crippen LogP contribution in [0.5, 0.6) is 11.5 Å². The van der Waals surface area contributed by atoms with Gasteiger partial charge in [-0.05, 0) is 80.3 Å². The highest BCUT2D eigenvalue weighted by atomic mass is 32.2. The Balaban J connectivity index is 0.000000270. The van der Waals surface area contributed by atoms with Crippen LogP contribution in [0.2, 0.25) is 0 Å². The highest BCUT2D eigenvalue weighted by Crippen LogP contribution is 2.64. The molecule has 0 amide bonds. The lowest BCUT2D eigenvalue weighted by Gasteiger charge is -2.35. The highest BCUT2D eigenvalue weighted by Gasteiger charge is 2.65. The Morgan fingerprint density at radius 1 is 0.821 bits per heavy atom. The summed E-state index contributed by atoms with van der Waals surface area (Å²) in [6, 6.07) is 27.3. The normalized spacial score (nSPS) is 21.4. The molecule has 210 valence electrons. The van der Waals surface area contributed by atoms with Crippen molar-refractivity contribution in [1.29, 1.82) is 0 Å². The summed E-state index contributed by atoms with van der Waals surface area (Å²) in [7, 11) is -3.88. The molecule has 2 fully saturated rings. The zero-order valence-corrected chi connectivity index (χ0v) is 25.3. The van der Waals surface area contributed by atoms with E-state index in [-0.39, 0.29) is 47.7 Å². The Labute approximate surface area is 240 Å². The van der Waals surface area contributed by atoms with E-state index >= 15 is 0 Å². The van der Waals surface area contributed by atoms with Gasteiger partial charge >= 0.3 is 10.1 Å². The largest absolute Gasteiger partial charge is 0.488 e. The topological polar surface area (TPSA) is 69.7 Å². The number of benzene rings is 3. The van der Waals surface area contributed by atoms with Gasteiger partial charge in [-0.1, -0.05) is 74.5 Å². The lowest BCUT2D eigenvalue weighted by molar-refractivity contribution is -0.128. The molecule has 2 aliphatic carbocycles. The van der Waals surface area contributed by atoms with Gasteiger partial charge in [0.25, 0.3) is 0 Å². The van der Waals surface area contributed by atoms with Gasteiger partial charge in [0.1, 0.15) is 22.9 Å². The second kappa shape index (κ2) is 11.8. The van der Waals surface area contributed by atoms with Crippen LogP contribution in [0.25, 0.3) is 11.1 Å². The molecule has 3 aromatic carbocycles. The molecule has 2 saturated carbocycles. The van der Waals surface area contributed by atoms with Crippen molar-refractivity contribution >= 4 is 29.4 Å². The number of Topliss-reactive ketones (excluding diaryl/α,β-unsaturated/α-hetero) is 1. The Hall–Kier alpha value is -2.77. The van der Waals surface area contributed by atoms with E-state index in [1.54, 1.807) is 24.3 Å². The maximum atomic E-state index is 12.7. The minimum absolute atomic E-state index is 0. The van der Waals surface area contributed by atoms with Crippen molar-refractivity contribution in [2.45, 2.75) is 59.5 Å². The van der Waals surface area contributed by atoms with Crippen LogP contribution in [0.15, 0.2) is 84.9 Å². The molecule has 0 aromatic heterocycles. The average Bonchev–Trinajstić information content (AvgIpc) is 3.20. The molecule has 5 nitrogen and oxygen atoms in total. The maximum absolute atomic E-state index is 12.7. The van der Waals surface area contributed by atoms with Crippen molar-refractivity contribution in [3.63, 3.8) is 0 Å². The first-order valence-corrected chi connectivity index (χ1v) is 14.7. The minimum atomic E-state index is -3.88. The van der Waals surface area contributed by atoms with Crippen molar-refractivity contribution in [1.82, 2.24) is 0 Å². The number of hydrogen-bond donors (Lipinski definition) is 0. The lowest BCUT2D eigenvalue weighted by atomic mass is 9.70. The predicted octanol–water partition coefficient (Wildman–Crippen LogP) is 7.43. The summed E-state index contributed by atoms with van der Waals surface area (Å²) in [5.41, 5.74) is 1.11. The van der Waals surface area contributed by atoms with E-state index in [1.165, 1.54) is 11.1 Å². The third-order valence-corrected chi connectivity index (χ3v) is 9.21. The molecule has 0 saturated heterocycles. The molecule has 2 unspecified atom stereocenters. The van der Waals surface area contributed by atoms with E-state index < -0.39 is 15.5 Å². The molecule has 0 heterocycles. The molecule has 0 radical (unpaired) electrons. The molecule has 0 N–H and O–H groups in total. The standard InChI is InChI=1S/C20H28O5S.C12H10.H2S/c1-18(2,3)24-15-6-8-16(9-7-15)25-26(22,23)13-20-11-10-14(12-17(20)21)19(20,4)5;1-3-7-11(8-4-1)12-9-5-2-6-10-12;/h6-9,14H,10-13H2,1-5H3;1-10H;1H2. The van der Waals surface area contributed by atoms with Crippen molar-refractivity contribution < 1.29 is 22.1 Å². The summed E-state index contributed by atoms with van der Waals surface area (Å²) in [5, 5.41) is 0. The van der Waals surface area contributed by atoms with Gasteiger partial charge in [0.05, 0.1) is 11.2 Å². The first-order chi connectivity index (χ1) is 17.8. The van der Waals surface area contributed by atoms with Crippen molar-refractivity contribution in [3.05, 3.63) is 84.9 Å². The third-order valence-electron chi connectivity index (χ3n) is 7.91. The molecule has 7 heteroatoms. The fourth-order valence-electron chi connectivity index (χ4n) is 5.76. The number of hydrogen-bond acceptors (Lipinski definition) is 5. The fourth-order valence-corrected chi connectivity index (χ4v) is 7.51. The van der Waals surface area contributed by atoms with E-state index in [2.05, 4.69) is 48.5 Å². The van der Waals surface area contributed by atoms with Crippen LogP contribution in [0.3, 0.4) is 0 Å². The lowest BCUT2D eigenvalue weighted by Crippen LogP contribution is -2.43. The number of ether oxygens (including phenoxy) is 1. The molecule has 2 aliphatic rings.